The van der Waals surface area contributed by atoms with Gasteiger partial charge in [-0.05, 0) is 19.0 Å². The van der Waals surface area contributed by atoms with E-state index in [4.69, 9.17) is 0 Å². The Morgan fingerprint density at radius 3 is 2.33 bits per heavy atom. The first kappa shape index (κ1) is 11.9. The van der Waals surface area contributed by atoms with Gasteiger partial charge in [0.15, 0.2) is 0 Å². The maximum Gasteiger partial charge on any atom is -0.00551 e. The molecule has 0 heterocycles. The van der Waals surface area contributed by atoms with E-state index in [0.29, 0.717) is 6.54 Å². The molecule has 1 unspecified atom stereocenters. The third-order valence-electron chi connectivity index (χ3n) is 2.28. The summed E-state index contributed by atoms with van der Waals surface area (Å²) in [5.41, 5.74) is 0. The number of unbranched alkanes of at least 4 members (excludes halogenated alkanes) is 3. The molecule has 0 rings (SSSR count). The lowest BCUT2D eigenvalue weighted by molar-refractivity contribution is 0.287. The molecular weight excluding hydrogens is 150 g/mol. The van der Waals surface area contributed by atoms with Crippen LogP contribution in [-0.2, 0) is 0 Å². The normalized spacial score (nSPS) is 13.8. The fraction of sp³-hybridized carbons (Fsp3) is 1.00. The standard InChI is InChI=1S/C10H22NO/c1-4-6-7-8-9-10(3)11(12)5-2/h10H,4-9H2,1-3H3/q-1. The van der Waals surface area contributed by atoms with Gasteiger partial charge < -0.3 is 10.3 Å². The molecular formula is C10H22NO-. The first-order valence-electron chi connectivity index (χ1n) is 5.16. The second-order valence-corrected chi connectivity index (χ2v) is 3.43. The molecule has 2 nitrogen and oxygen atoms in total. The number of hydroxylamine groups is 2. The second-order valence-electron chi connectivity index (χ2n) is 3.43. The lowest BCUT2D eigenvalue weighted by Gasteiger charge is -2.33. The zero-order valence-electron chi connectivity index (χ0n) is 8.68. The van der Waals surface area contributed by atoms with E-state index in [2.05, 4.69) is 6.92 Å². The third kappa shape index (κ3) is 5.56. The van der Waals surface area contributed by atoms with Crippen molar-refractivity contribution in [3.8, 4) is 0 Å². The minimum atomic E-state index is 0.215. The van der Waals surface area contributed by atoms with Crippen molar-refractivity contribution in [1.29, 1.82) is 0 Å². The highest BCUT2D eigenvalue weighted by Crippen LogP contribution is 2.09. The number of nitrogens with zero attached hydrogens (tertiary/aromatic N) is 1. The largest absolute Gasteiger partial charge is 0.785 e. The molecule has 0 fully saturated rings. The van der Waals surface area contributed by atoms with Gasteiger partial charge in [-0.1, -0.05) is 46.5 Å². The lowest BCUT2D eigenvalue weighted by Crippen LogP contribution is -2.26. The van der Waals surface area contributed by atoms with E-state index in [0.717, 1.165) is 6.42 Å². The minimum absolute atomic E-state index is 0.215. The van der Waals surface area contributed by atoms with E-state index in [1.165, 1.54) is 30.7 Å². The van der Waals surface area contributed by atoms with Gasteiger partial charge in [-0.2, -0.15) is 0 Å². The van der Waals surface area contributed by atoms with E-state index in [1.54, 1.807) is 0 Å². The molecule has 0 radical (unpaired) electrons. The molecule has 0 aliphatic heterocycles. The zero-order valence-corrected chi connectivity index (χ0v) is 8.68. The molecule has 0 saturated heterocycles. The van der Waals surface area contributed by atoms with Crippen LogP contribution in [0.25, 0.3) is 0 Å². The molecule has 74 valence electrons. The van der Waals surface area contributed by atoms with Crippen molar-refractivity contribution in [3.63, 3.8) is 0 Å². The van der Waals surface area contributed by atoms with Crippen LogP contribution in [0.15, 0.2) is 0 Å². The maximum atomic E-state index is 11.1. The van der Waals surface area contributed by atoms with E-state index in [9.17, 15) is 5.21 Å². The summed E-state index contributed by atoms with van der Waals surface area (Å²) in [7, 11) is 0. The minimum Gasteiger partial charge on any atom is -0.785 e. The van der Waals surface area contributed by atoms with Crippen LogP contribution in [0.3, 0.4) is 0 Å². The Hall–Kier alpha value is -0.0800. The molecule has 0 bridgehead atoms. The Labute approximate surface area is 76.5 Å². The quantitative estimate of drug-likeness (QED) is 0.435. The Balaban J connectivity index is 3.24. The predicted octanol–water partition coefficient (Wildman–Crippen LogP) is 3.17. The van der Waals surface area contributed by atoms with E-state index in [1.807, 2.05) is 13.8 Å². The number of hydrogen-bond acceptors (Lipinski definition) is 2. The van der Waals surface area contributed by atoms with Gasteiger partial charge >= 0.3 is 0 Å². The smallest absolute Gasteiger partial charge is 0.00551 e. The van der Waals surface area contributed by atoms with E-state index in [-0.39, 0.29) is 6.04 Å². The van der Waals surface area contributed by atoms with Crippen LogP contribution >= 0.6 is 0 Å². The molecule has 0 aliphatic rings. The molecule has 0 amide bonds. The summed E-state index contributed by atoms with van der Waals surface area (Å²) in [6.07, 6.45) is 6.10. The van der Waals surface area contributed by atoms with Crippen LogP contribution in [0, 0.1) is 5.21 Å². The van der Waals surface area contributed by atoms with Crippen molar-refractivity contribution in [2.24, 2.45) is 0 Å². The zero-order chi connectivity index (χ0) is 9.40. The molecule has 0 N–H and O–H groups in total. The van der Waals surface area contributed by atoms with Crippen LogP contribution in [0.5, 0.6) is 0 Å². The monoisotopic (exact) mass is 172 g/mol. The second kappa shape index (κ2) is 7.56. The highest BCUT2D eigenvalue weighted by Gasteiger charge is 2.00. The fourth-order valence-corrected chi connectivity index (χ4v) is 1.32. The average Bonchev–Trinajstić information content (AvgIpc) is 2.10. The molecule has 0 aromatic carbocycles. The van der Waals surface area contributed by atoms with Gasteiger partial charge in [-0.15, -0.1) is 0 Å². The van der Waals surface area contributed by atoms with Gasteiger partial charge in [-0.3, -0.25) is 0 Å². The predicted molar refractivity (Wildman–Crippen MR) is 54.0 cm³/mol. The van der Waals surface area contributed by atoms with Crippen LogP contribution in [0.1, 0.15) is 52.9 Å². The molecule has 12 heavy (non-hydrogen) atoms. The summed E-state index contributed by atoms with van der Waals surface area (Å²) in [4.78, 5) is 0. The fourth-order valence-electron chi connectivity index (χ4n) is 1.32. The first-order chi connectivity index (χ1) is 5.72. The van der Waals surface area contributed by atoms with Gasteiger partial charge in [0.25, 0.3) is 0 Å². The SMILES string of the molecule is CCCCCCC(C)N([O-])CC. The van der Waals surface area contributed by atoms with Crippen LogP contribution in [0.4, 0.5) is 0 Å². The first-order valence-corrected chi connectivity index (χ1v) is 5.16. The summed E-state index contributed by atoms with van der Waals surface area (Å²) in [6.45, 7) is 6.75. The summed E-state index contributed by atoms with van der Waals surface area (Å²) in [5.74, 6) is 0. The molecule has 0 aromatic rings. The van der Waals surface area contributed by atoms with Crippen LogP contribution < -0.4 is 0 Å². The summed E-state index contributed by atoms with van der Waals surface area (Å²) < 4.78 is 0. The summed E-state index contributed by atoms with van der Waals surface area (Å²) in [6, 6.07) is 0.215. The molecule has 0 aliphatic carbocycles. The Kier molecular flexibility index (Phi) is 7.51. The summed E-state index contributed by atoms with van der Waals surface area (Å²) in [5, 5.41) is 12.3. The number of rotatable bonds is 7. The van der Waals surface area contributed by atoms with Gasteiger partial charge in [0.2, 0.25) is 0 Å². The van der Waals surface area contributed by atoms with Gasteiger partial charge in [0.05, 0.1) is 0 Å². The van der Waals surface area contributed by atoms with Crippen molar-refractivity contribution in [1.82, 2.24) is 5.06 Å². The Morgan fingerprint density at radius 2 is 1.83 bits per heavy atom. The van der Waals surface area contributed by atoms with Crippen LogP contribution in [0.2, 0.25) is 0 Å². The molecule has 0 spiro atoms. The Bertz CT molecular complexity index is 95.8. The number of hydrogen-bond donors (Lipinski definition) is 0. The average molecular weight is 172 g/mol. The molecule has 0 aromatic heterocycles. The third-order valence-corrected chi connectivity index (χ3v) is 2.28. The van der Waals surface area contributed by atoms with Gasteiger partial charge in [-0.25, -0.2) is 0 Å². The molecule has 1 atom stereocenters. The van der Waals surface area contributed by atoms with E-state index < -0.39 is 0 Å². The van der Waals surface area contributed by atoms with Crippen LogP contribution in [-0.4, -0.2) is 17.6 Å². The van der Waals surface area contributed by atoms with Gasteiger partial charge in [0.1, 0.15) is 0 Å². The van der Waals surface area contributed by atoms with Crippen molar-refractivity contribution in [2.75, 3.05) is 6.54 Å². The molecule has 0 saturated carbocycles. The Morgan fingerprint density at radius 1 is 1.17 bits per heavy atom. The summed E-state index contributed by atoms with van der Waals surface area (Å²) >= 11 is 0. The maximum absolute atomic E-state index is 11.1. The van der Waals surface area contributed by atoms with Crippen molar-refractivity contribution in [2.45, 2.75) is 58.9 Å². The molecule has 2 heteroatoms. The highest BCUT2D eigenvalue weighted by molar-refractivity contribution is 4.65. The van der Waals surface area contributed by atoms with Crippen molar-refractivity contribution < 1.29 is 0 Å². The van der Waals surface area contributed by atoms with Crippen molar-refractivity contribution in [3.05, 3.63) is 5.21 Å². The highest BCUT2D eigenvalue weighted by atomic mass is 16.5. The van der Waals surface area contributed by atoms with Crippen molar-refractivity contribution >= 4 is 0 Å². The van der Waals surface area contributed by atoms with Gasteiger partial charge in [0, 0.05) is 0 Å². The topological polar surface area (TPSA) is 26.3 Å². The lowest BCUT2D eigenvalue weighted by atomic mass is 10.1. The van der Waals surface area contributed by atoms with E-state index >= 15 is 0 Å².